The highest BCUT2D eigenvalue weighted by Crippen LogP contribution is 2.47. The average Bonchev–Trinajstić information content (AvgIpc) is 2.91. The van der Waals surface area contributed by atoms with Crippen molar-refractivity contribution in [3.8, 4) is 0 Å². The van der Waals surface area contributed by atoms with Gasteiger partial charge in [-0.05, 0) is 49.6 Å². The van der Waals surface area contributed by atoms with Gasteiger partial charge in [0.2, 0.25) is 0 Å². The minimum absolute atomic E-state index is 0.0455. The molecule has 2 aliphatic rings. The number of likely N-dealkylation sites (N-methyl/N-ethyl adjacent to an activating group) is 1. The van der Waals surface area contributed by atoms with Crippen LogP contribution < -0.4 is 0 Å². The van der Waals surface area contributed by atoms with Crippen molar-refractivity contribution in [2.24, 2.45) is 5.92 Å². The van der Waals surface area contributed by atoms with Crippen molar-refractivity contribution >= 4 is 17.6 Å². The van der Waals surface area contributed by atoms with Crippen LogP contribution in [0.15, 0.2) is 54.6 Å². The van der Waals surface area contributed by atoms with Crippen LogP contribution in [-0.2, 0) is 16.0 Å². The fraction of sp³-hybridized carbons (Fsp3) is 0.435. The van der Waals surface area contributed by atoms with Gasteiger partial charge in [0.1, 0.15) is 0 Å². The largest absolute Gasteiger partial charge is 0.465 e. The number of rotatable bonds is 5. The van der Waals surface area contributed by atoms with E-state index in [9.17, 15) is 4.79 Å². The number of hydrogen-bond acceptors (Lipinski definition) is 3. The van der Waals surface area contributed by atoms with Gasteiger partial charge in [0, 0.05) is 29.4 Å². The maximum absolute atomic E-state index is 13.0. The molecule has 0 saturated carbocycles. The number of esters is 1. The summed E-state index contributed by atoms with van der Waals surface area (Å²) in [6, 6.07) is 19.1. The number of carbonyl (C=O) groups excluding carboxylic acids is 1. The number of nitrogens with zero attached hydrogens (tertiary/aromatic N) is 1. The highest BCUT2D eigenvalue weighted by molar-refractivity contribution is 6.30. The summed E-state index contributed by atoms with van der Waals surface area (Å²) in [5, 5.41) is 0.731. The summed E-state index contributed by atoms with van der Waals surface area (Å²) < 4.78 is 5.74. The zero-order valence-corrected chi connectivity index (χ0v) is 16.4. The fourth-order valence-corrected chi connectivity index (χ4v) is 5.00. The molecule has 0 aromatic heterocycles. The quantitative estimate of drug-likeness (QED) is 0.701. The summed E-state index contributed by atoms with van der Waals surface area (Å²) in [5.74, 6) is 0.0572. The smallest absolute Gasteiger partial charge is 0.309 e. The van der Waals surface area contributed by atoms with Gasteiger partial charge in [0.15, 0.2) is 0 Å². The van der Waals surface area contributed by atoms with Gasteiger partial charge >= 0.3 is 5.97 Å². The number of carbonyl (C=O) groups is 1. The normalized spacial score (nSPS) is 27.5. The van der Waals surface area contributed by atoms with Crippen molar-refractivity contribution in [2.75, 3.05) is 13.7 Å². The lowest BCUT2D eigenvalue weighted by Crippen LogP contribution is -2.48. The number of benzene rings is 2. The molecule has 2 aromatic carbocycles. The van der Waals surface area contributed by atoms with E-state index >= 15 is 0 Å². The minimum atomic E-state index is -0.0735. The lowest BCUT2D eigenvalue weighted by molar-refractivity contribution is -0.152. The molecule has 2 aromatic rings. The number of piperidine rings is 1. The Labute approximate surface area is 166 Å². The van der Waals surface area contributed by atoms with Crippen LogP contribution in [0.2, 0.25) is 5.02 Å². The Hall–Kier alpha value is -1.84. The molecule has 2 saturated heterocycles. The van der Waals surface area contributed by atoms with Crippen molar-refractivity contribution in [2.45, 2.75) is 43.7 Å². The van der Waals surface area contributed by atoms with E-state index in [2.05, 4.69) is 36.2 Å². The first-order valence-corrected chi connectivity index (χ1v) is 10.2. The molecule has 2 bridgehead atoms. The topological polar surface area (TPSA) is 29.5 Å². The zero-order chi connectivity index (χ0) is 18.8. The van der Waals surface area contributed by atoms with Gasteiger partial charge in [0.25, 0.3) is 0 Å². The summed E-state index contributed by atoms with van der Waals surface area (Å²) in [6.45, 7) is 0.442. The van der Waals surface area contributed by atoms with Crippen LogP contribution in [0.1, 0.15) is 36.3 Å². The van der Waals surface area contributed by atoms with Crippen molar-refractivity contribution in [1.29, 1.82) is 0 Å². The average molecular weight is 384 g/mol. The lowest BCUT2D eigenvalue weighted by Gasteiger charge is -2.42. The van der Waals surface area contributed by atoms with Gasteiger partial charge in [-0.3, -0.25) is 9.69 Å². The Bertz CT molecular complexity index is 777. The summed E-state index contributed by atoms with van der Waals surface area (Å²) in [7, 11) is 2.20. The predicted octanol–water partition coefficient (Wildman–Crippen LogP) is 4.69. The predicted molar refractivity (Wildman–Crippen MR) is 108 cm³/mol. The van der Waals surface area contributed by atoms with E-state index in [4.69, 9.17) is 16.3 Å². The summed E-state index contributed by atoms with van der Waals surface area (Å²) in [5.41, 5.74) is 2.39. The molecule has 2 unspecified atom stereocenters. The second-order valence-electron chi connectivity index (χ2n) is 7.79. The van der Waals surface area contributed by atoms with Crippen molar-refractivity contribution in [1.82, 2.24) is 4.90 Å². The molecule has 0 radical (unpaired) electrons. The van der Waals surface area contributed by atoms with E-state index in [0.29, 0.717) is 18.7 Å². The van der Waals surface area contributed by atoms with E-state index in [1.54, 1.807) is 0 Å². The number of hydrogen-bond donors (Lipinski definition) is 0. The van der Waals surface area contributed by atoms with Crippen LogP contribution >= 0.6 is 11.6 Å². The molecule has 0 N–H and O–H groups in total. The van der Waals surface area contributed by atoms with Crippen LogP contribution in [0.3, 0.4) is 0 Å². The molecule has 3 nitrogen and oxygen atoms in total. The van der Waals surface area contributed by atoms with E-state index < -0.39 is 0 Å². The monoisotopic (exact) mass is 383 g/mol. The molecule has 4 heteroatoms. The summed E-state index contributed by atoms with van der Waals surface area (Å²) >= 11 is 6.08. The fourth-order valence-electron chi connectivity index (χ4n) is 4.87. The van der Waals surface area contributed by atoms with Crippen LogP contribution in [-0.4, -0.2) is 36.6 Å². The van der Waals surface area contributed by atoms with E-state index in [1.165, 1.54) is 17.5 Å². The molecule has 4 rings (SSSR count). The summed E-state index contributed by atoms with van der Waals surface area (Å²) in [6.07, 6.45) is 3.95. The number of ether oxygens (including phenoxy) is 1. The van der Waals surface area contributed by atoms with Gasteiger partial charge in [-0.2, -0.15) is 0 Å². The molecule has 0 amide bonds. The molecule has 27 heavy (non-hydrogen) atoms. The van der Waals surface area contributed by atoms with Gasteiger partial charge in [0.05, 0.1) is 12.5 Å². The molecule has 2 fully saturated rings. The van der Waals surface area contributed by atoms with Crippen LogP contribution in [0.4, 0.5) is 0 Å². The van der Waals surface area contributed by atoms with Crippen LogP contribution in [0.5, 0.6) is 0 Å². The SMILES string of the molecule is CN1[C@H]2CC[C@H]1C(c1ccc(Cl)cc1)C(C(=O)OCCc1ccccc1)C2. The van der Waals surface area contributed by atoms with E-state index in [-0.39, 0.29) is 17.8 Å². The maximum atomic E-state index is 13.0. The van der Waals surface area contributed by atoms with Gasteiger partial charge < -0.3 is 4.74 Å². The molecule has 2 aliphatic heterocycles. The molecular formula is C23H26ClNO2. The Kier molecular flexibility index (Phi) is 5.51. The molecular weight excluding hydrogens is 358 g/mol. The first kappa shape index (κ1) is 18.5. The van der Waals surface area contributed by atoms with Crippen LogP contribution in [0.25, 0.3) is 0 Å². The minimum Gasteiger partial charge on any atom is -0.465 e. The van der Waals surface area contributed by atoms with Crippen molar-refractivity contribution < 1.29 is 9.53 Å². The molecule has 142 valence electrons. The van der Waals surface area contributed by atoms with Crippen LogP contribution in [0, 0.1) is 5.92 Å². The van der Waals surface area contributed by atoms with Gasteiger partial charge in [-0.25, -0.2) is 0 Å². The maximum Gasteiger partial charge on any atom is 0.309 e. The second-order valence-corrected chi connectivity index (χ2v) is 8.22. The summed E-state index contributed by atoms with van der Waals surface area (Å²) in [4.78, 5) is 15.5. The second kappa shape index (κ2) is 8.04. The molecule has 4 atom stereocenters. The highest BCUT2D eigenvalue weighted by Gasteiger charge is 2.49. The third-order valence-corrected chi connectivity index (χ3v) is 6.56. The van der Waals surface area contributed by atoms with Crippen molar-refractivity contribution in [3.05, 3.63) is 70.7 Å². The molecule has 0 aliphatic carbocycles. The third-order valence-electron chi connectivity index (χ3n) is 6.30. The Balaban J connectivity index is 1.48. The first-order valence-electron chi connectivity index (χ1n) is 9.81. The number of fused-ring (bicyclic) bond motifs is 2. The molecule has 0 spiro atoms. The Morgan fingerprint density at radius 2 is 1.85 bits per heavy atom. The standard InChI is InChI=1S/C23H26ClNO2/c1-25-19-11-12-21(25)22(17-7-9-18(24)10-8-17)20(15-19)23(26)27-14-13-16-5-3-2-4-6-16/h2-10,19-22H,11-15H2,1H3/t19-,20?,21-,22?/m0/s1. The Morgan fingerprint density at radius 1 is 1.11 bits per heavy atom. The lowest BCUT2D eigenvalue weighted by atomic mass is 9.76. The zero-order valence-electron chi connectivity index (χ0n) is 15.7. The van der Waals surface area contributed by atoms with E-state index in [1.807, 2.05) is 30.3 Å². The van der Waals surface area contributed by atoms with Gasteiger partial charge in [-0.15, -0.1) is 0 Å². The third kappa shape index (κ3) is 3.90. The highest BCUT2D eigenvalue weighted by atomic mass is 35.5. The van der Waals surface area contributed by atoms with E-state index in [0.717, 1.165) is 24.3 Å². The number of halogens is 1. The molecule has 2 heterocycles. The Morgan fingerprint density at radius 3 is 2.59 bits per heavy atom. The van der Waals surface area contributed by atoms with Gasteiger partial charge in [-0.1, -0.05) is 54.1 Å². The van der Waals surface area contributed by atoms with Crippen molar-refractivity contribution in [3.63, 3.8) is 0 Å². The first-order chi connectivity index (χ1) is 13.1.